The number of hydrogen-bond acceptors (Lipinski definition) is 3. The lowest BCUT2D eigenvalue weighted by molar-refractivity contribution is 0.176. The standard InChI is InChI=1S/C12H15ClN2O2S/c1-18-11-3-2-8(13)6-10(11)14-12(17)15-5-4-9(16)7-15/h2-3,6,9,16H,4-5,7H2,1H3,(H,14,17)/t9-/m0/s1. The second-order valence-electron chi connectivity index (χ2n) is 4.16. The number of anilines is 1. The molecule has 1 saturated heterocycles. The maximum atomic E-state index is 12.0. The molecule has 6 heteroatoms. The van der Waals surface area contributed by atoms with Crippen molar-refractivity contribution in [3.8, 4) is 0 Å². The Balaban J connectivity index is 2.09. The van der Waals surface area contributed by atoms with Gasteiger partial charge in [0.05, 0.1) is 11.8 Å². The minimum Gasteiger partial charge on any atom is -0.391 e. The fraction of sp³-hybridized carbons (Fsp3) is 0.417. The first-order valence-electron chi connectivity index (χ1n) is 5.67. The van der Waals surface area contributed by atoms with Crippen LogP contribution < -0.4 is 5.32 Å². The van der Waals surface area contributed by atoms with E-state index in [1.807, 2.05) is 12.3 Å². The molecule has 2 N–H and O–H groups in total. The zero-order valence-electron chi connectivity index (χ0n) is 10.0. The Bertz CT molecular complexity index is 456. The lowest BCUT2D eigenvalue weighted by atomic mass is 10.3. The van der Waals surface area contributed by atoms with Crippen LogP contribution >= 0.6 is 23.4 Å². The number of carbonyl (C=O) groups excluding carboxylic acids is 1. The Morgan fingerprint density at radius 3 is 3.00 bits per heavy atom. The van der Waals surface area contributed by atoms with Crippen molar-refractivity contribution in [1.82, 2.24) is 4.90 Å². The molecule has 0 aliphatic carbocycles. The van der Waals surface area contributed by atoms with Crippen molar-refractivity contribution in [2.45, 2.75) is 17.4 Å². The smallest absolute Gasteiger partial charge is 0.321 e. The number of amides is 2. The number of likely N-dealkylation sites (tertiary alicyclic amines) is 1. The summed E-state index contributed by atoms with van der Waals surface area (Å²) in [5.41, 5.74) is 0.710. The summed E-state index contributed by atoms with van der Waals surface area (Å²) >= 11 is 7.47. The van der Waals surface area contributed by atoms with Gasteiger partial charge in [0.15, 0.2) is 0 Å². The van der Waals surface area contributed by atoms with Gasteiger partial charge in [-0.3, -0.25) is 0 Å². The number of rotatable bonds is 2. The lowest BCUT2D eigenvalue weighted by Crippen LogP contribution is -2.33. The Hall–Kier alpha value is -0.910. The van der Waals surface area contributed by atoms with Gasteiger partial charge in [-0.15, -0.1) is 11.8 Å². The molecule has 98 valence electrons. The second-order valence-corrected chi connectivity index (χ2v) is 5.45. The van der Waals surface area contributed by atoms with Crippen LogP contribution in [0.1, 0.15) is 6.42 Å². The molecule has 0 radical (unpaired) electrons. The summed E-state index contributed by atoms with van der Waals surface area (Å²) in [7, 11) is 0. The molecule has 0 spiro atoms. The Labute approximate surface area is 115 Å². The average Bonchev–Trinajstić information content (AvgIpc) is 2.76. The SMILES string of the molecule is CSc1ccc(Cl)cc1NC(=O)N1CC[C@H](O)C1. The van der Waals surface area contributed by atoms with Crippen LogP contribution in [0.25, 0.3) is 0 Å². The molecular weight excluding hydrogens is 272 g/mol. The van der Waals surface area contributed by atoms with E-state index in [2.05, 4.69) is 5.32 Å². The van der Waals surface area contributed by atoms with E-state index in [1.165, 1.54) is 0 Å². The predicted molar refractivity (Wildman–Crippen MR) is 74.4 cm³/mol. The molecule has 2 rings (SSSR count). The average molecular weight is 287 g/mol. The molecule has 2 amide bonds. The number of aliphatic hydroxyl groups excluding tert-OH is 1. The number of nitrogens with zero attached hydrogens (tertiary/aromatic N) is 1. The third-order valence-electron chi connectivity index (χ3n) is 2.85. The van der Waals surface area contributed by atoms with Gasteiger partial charge in [-0.1, -0.05) is 11.6 Å². The summed E-state index contributed by atoms with van der Waals surface area (Å²) in [6.07, 6.45) is 2.17. The number of urea groups is 1. The number of aliphatic hydroxyl groups is 1. The van der Waals surface area contributed by atoms with E-state index in [-0.39, 0.29) is 6.03 Å². The first-order valence-corrected chi connectivity index (χ1v) is 7.28. The third-order valence-corrected chi connectivity index (χ3v) is 3.88. The molecule has 1 fully saturated rings. The second kappa shape index (κ2) is 5.82. The zero-order chi connectivity index (χ0) is 13.1. The van der Waals surface area contributed by atoms with Crippen LogP contribution in [0.4, 0.5) is 10.5 Å². The molecule has 4 nitrogen and oxygen atoms in total. The molecule has 1 heterocycles. The van der Waals surface area contributed by atoms with Crippen LogP contribution in [-0.2, 0) is 0 Å². The monoisotopic (exact) mass is 286 g/mol. The summed E-state index contributed by atoms with van der Waals surface area (Å²) < 4.78 is 0. The maximum absolute atomic E-state index is 12.0. The van der Waals surface area contributed by atoms with E-state index >= 15 is 0 Å². The van der Waals surface area contributed by atoms with Crippen LogP contribution in [0.5, 0.6) is 0 Å². The zero-order valence-corrected chi connectivity index (χ0v) is 11.6. The van der Waals surface area contributed by atoms with Crippen LogP contribution in [0.15, 0.2) is 23.1 Å². The minimum atomic E-state index is -0.407. The molecule has 1 aliphatic rings. The number of benzene rings is 1. The van der Waals surface area contributed by atoms with Crippen molar-refractivity contribution >= 4 is 35.1 Å². The molecular formula is C12H15ClN2O2S. The highest BCUT2D eigenvalue weighted by molar-refractivity contribution is 7.98. The molecule has 1 aliphatic heterocycles. The van der Waals surface area contributed by atoms with Gasteiger partial charge in [-0.05, 0) is 30.9 Å². The van der Waals surface area contributed by atoms with Crippen molar-refractivity contribution in [3.63, 3.8) is 0 Å². The minimum absolute atomic E-state index is 0.191. The normalized spacial score (nSPS) is 19.1. The van der Waals surface area contributed by atoms with Gasteiger partial charge in [0.1, 0.15) is 0 Å². The Kier molecular flexibility index (Phi) is 4.37. The fourth-order valence-corrected chi connectivity index (χ4v) is 2.60. The summed E-state index contributed by atoms with van der Waals surface area (Å²) in [5, 5.41) is 12.8. The summed E-state index contributed by atoms with van der Waals surface area (Å²) in [4.78, 5) is 14.6. The fourth-order valence-electron chi connectivity index (χ4n) is 1.90. The lowest BCUT2D eigenvalue weighted by Gasteiger charge is -2.17. The van der Waals surface area contributed by atoms with Gasteiger partial charge in [-0.25, -0.2) is 4.79 Å². The molecule has 1 atom stereocenters. The van der Waals surface area contributed by atoms with Gasteiger partial charge in [0.2, 0.25) is 0 Å². The predicted octanol–water partition coefficient (Wildman–Crippen LogP) is 2.66. The number of β-amino-alcohol motifs (C(OH)–C–C–N with tert-alkyl or cyclic N) is 1. The number of hydrogen-bond donors (Lipinski definition) is 2. The van der Waals surface area contributed by atoms with Crippen LogP contribution in [-0.4, -0.2) is 41.5 Å². The van der Waals surface area contributed by atoms with Crippen molar-refractivity contribution < 1.29 is 9.90 Å². The molecule has 1 aromatic rings. The molecule has 1 aromatic carbocycles. The molecule has 0 aromatic heterocycles. The van der Waals surface area contributed by atoms with E-state index in [9.17, 15) is 9.90 Å². The maximum Gasteiger partial charge on any atom is 0.321 e. The summed E-state index contributed by atoms with van der Waals surface area (Å²) in [5.74, 6) is 0. The number of halogens is 1. The van der Waals surface area contributed by atoms with E-state index in [1.54, 1.807) is 28.8 Å². The van der Waals surface area contributed by atoms with Crippen LogP contribution in [0.2, 0.25) is 5.02 Å². The quantitative estimate of drug-likeness (QED) is 0.822. The largest absolute Gasteiger partial charge is 0.391 e. The first-order chi connectivity index (χ1) is 8.60. The number of carbonyl (C=O) groups is 1. The summed E-state index contributed by atoms with van der Waals surface area (Å²) in [6, 6.07) is 5.21. The highest BCUT2D eigenvalue weighted by Crippen LogP contribution is 2.28. The van der Waals surface area contributed by atoms with Gasteiger partial charge in [-0.2, -0.15) is 0 Å². The van der Waals surface area contributed by atoms with Gasteiger partial charge in [0.25, 0.3) is 0 Å². The van der Waals surface area contributed by atoms with Crippen molar-refractivity contribution in [2.75, 3.05) is 24.7 Å². The van der Waals surface area contributed by atoms with Crippen molar-refractivity contribution in [3.05, 3.63) is 23.2 Å². The van der Waals surface area contributed by atoms with Crippen molar-refractivity contribution in [1.29, 1.82) is 0 Å². The highest BCUT2D eigenvalue weighted by atomic mass is 35.5. The topological polar surface area (TPSA) is 52.6 Å². The Morgan fingerprint density at radius 2 is 2.39 bits per heavy atom. The van der Waals surface area contributed by atoms with E-state index < -0.39 is 6.10 Å². The van der Waals surface area contributed by atoms with Gasteiger partial charge >= 0.3 is 6.03 Å². The highest BCUT2D eigenvalue weighted by Gasteiger charge is 2.24. The third kappa shape index (κ3) is 3.10. The molecule has 18 heavy (non-hydrogen) atoms. The van der Waals surface area contributed by atoms with E-state index in [0.29, 0.717) is 30.2 Å². The van der Waals surface area contributed by atoms with Gasteiger partial charge in [0, 0.05) is 23.0 Å². The van der Waals surface area contributed by atoms with Crippen molar-refractivity contribution in [2.24, 2.45) is 0 Å². The van der Waals surface area contributed by atoms with E-state index in [4.69, 9.17) is 11.6 Å². The molecule has 0 saturated carbocycles. The number of nitrogens with one attached hydrogen (secondary N) is 1. The van der Waals surface area contributed by atoms with Crippen LogP contribution in [0.3, 0.4) is 0 Å². The first kappa shape index (κ1) is 13.5. The molecule has 0 bridgehead atoms. The summed E-state index contributed by atoms with van der Waals surface area (Å²) in [6.45, 7) is 0.975. The Morgan fingerprint density at radius 1 is 1.61 bits per heavy atom. The molecule has 0 unspecified atom stereocenters. The van der Waals surface area contributed by atoms with Gasteiger partial charge < -0.3 is 15.3 Å². The number of thioether (sulfide) groups is 1. The van der Waals surface area contributed by atoms with Crippen LogP contribution in [0, 0.1) is 0 Å². The van der Waals surface area contributed by atoms with E-state index in [0.717, 1.165) is 4.90 Å².